The molecule has 3 rings (SSSR count). The number of piperazine rings is 1. The third kappa shape index (κ3) is 6.23. The summed E-state index contributed by atoms with van der Waals surface area (Å²) in [4.78, 5) is 2.57. The van der Waals surface area contributed by atoms with Crippen molar-refractivity contribution in [3.05, 3.63) is 54.6 Å². The summed E-state index contributed by atoms with van der Waals surface area (Å²) in [5, 5.41) is 3.29. The van der Waals surface area contributed by atoms with E-state index in [1.807, 2.05) is 42.5 Å². The average molecular weight is 418 g/mol. The number of hydrogen-bond donors (Lipinski definition) is 2. The van der Waals surface area contributed by atoms with E-state index in [-0.39, 0.29) is 24.8 Å². The Hall–Kier alpha value is -1.15. The predicted octanol–water partition coefficient (Wildman–Crippen LogP) is 2.38. The highest BCUT2D eigenvalue weighted by atomic mass is 35.5. The summed E-state index contributed by atoms with van der Waals surface area (Å²) in [6, 6.07) is 16.9. The van der Waals surface area contributed by atoms with Crippen LogP contribution >= 0.6 is 24.8 Å². The standard InChI is InChI=1S/C18H23N3O2S.2ClH/c22-24(23,20-12-15-21-13-10-19-11-14-21)18-8-6-17(7-9-18)16-4-2-1-3-5-16;;/h1-9,19-20H,10-15H2;2*1H. The lowest BCUT2D eigenvalue weighted by atomic mass is 10.1. The molecule has 0 aromatic heterocycles. The van der Waals surface area contributed by atoms with Gasteiger partial charge >= 0.3 is 0 Å². The van der Waals surface area contributed by atoms with E-state index in [2.05, 4.69) is 14.9 Å². The lowest BCUT2D eigenvalue weighted by Gasteiger charge is -2.27. The molecule has 0 aliphatic carbocycles. The van der Waals surface area contributed by atoms with E-state index in [1.165, 1.54) is 0 Å². The second-order valence-corrected chi connectivity index (χ2v) is 7.65. The second kappa shape index (κ2) is 10.9. The number of sulfonamides is 1. The minimum Gasteiger partial charge on any atom is -0.314 e. The fourth-order valence-corrected chi connectivity index (χ4v) is 3.83. The smallest absolute Gasteiger partial charge is 0.240 e. The zero-order valence-corrected chi connectivity index (χ0v) is 16.9. The Kier molecular flexibility index (Phi) is 9.57. The van der Waals surface area contributed by atoms with E-state index in [1.54, 1.807) is 12.1 Å². The largest absolute Gasteiger partial charge is 0.314 e. The minimum atomic E-state index is -3.45. The highest BCUT2D eigenvalue weighted by molar-refractivity contribution is 7.89. The number of nitrogens with one attached hydrogen (secondary N) is 2. The van der Waals surface area contributed by atoms with Crippen molar-refractivity contribution in [2.24, 2.45) is 0 Å². The molecule has 1 fully saturated rings. The average Bonchev–Trinajstić information content (AvgIpc) is 2.63. The highest BCUT2D eigenvalue weighted by Crippen LogP contribution is 2.20. The van der Waals surface area contributed by atoms with Crippen LogP contribution in [0, 0.1) is 0 Å². The number of hydrogen-bond acceptors (Lipinski definition) is 4. The van der Waals surface area contributed by atoms with Crippen LogP contribution in [-0.4, -0.2) is 52.6 Å². The van der Waals surface area contributed by atoms with E-state index in [0.29, 0.717) is 11.4 Å². The van der Waals surface area contributed by atoms with E-state index >= 15 is 0 Å². The lowest BCUT2D eigenvalue weighted by Crippen LogP contribution is -2.46. The van der Waals surface area contributed by atoms with Crippen molar-refractivity contribution in [3.8, 4) is 11.1 Å². The Morgan fingerprint density at radius 2 is 1.46 bits per heavy atom. The molecule has 1 aliphatic rings. The summed E-state index contributed by atoms with van der Waals surface area (Å²) >= 11 is 0. The first-order valence-electron chi connectivity index (χ1n) is 8.23. The highest BCUT2D eigenvalue weighted by Gasteiger charge is 2.15. The molecule has 0 unspecified atom stereocenters. The number of rotatable bonds is 6. The number of nitrogens with zero attached hydrogens (tertiary/aromatic N) is 1. The van der Waals surface area contributed by atoms with E-state index < -0.39 is 10.0 Å². The quantitative estimate of drug-likeness (QED) is 0.757. The molecular weight excluding hydrogens is 393 g/mol. The molecule has 144 valence electrons. The van der Waals surface area contributed by atoms with E-state index in [4.69, 9.17) is 0 Å². The van der Waals surface area contributed by atoms with Gasteiger partial charge in [0.15, 0.2) is 0 Å². The van der Waals surface area contributed by atoms with Crippen LogP contribution in [-0.2, 0) is 10.0 Å². The maximum Gasteiger partial charge on any atom is 0.240 e. The van der Waals surface area contributed by atoms with Crippen molar-refractivity contribution in [1.82, 2.24) is 14.9 Å². The SMILES string of the molecule is Cl.Cl.O=S(=O)(NCCN1CCNCC1)c1ccc(-c2ccccc2)cc1. The molecule has 0 radical (unpaired) electrons. The van der Waals surface area contributed by atoms with Gasteiger partial charge in [-0.3, -0.25) is 4.90 Å². The molecule has 0 bridgehead atoms. The van der Waals surface area contributed by atoms with Gasteiger partial charge in [-0.05, 0) is 23.3 Å². The molecule has 0 amide bonds. The summed E-state index contributed by atoms with van der Waals surface area (Å²) in [5.41, 5.74) is 2.09. The molecule has 0 saturated carbocycles. The first-order valence-corrected chi connectivity index (χ1v) is 9.72. The van der Waals surface area contributed by atoms with E-state index in [0.717, 1.165) is 43.9 Å². The molecule has 1 heterocycles. The summed E-state index contributed by atoms with van der Waals surface area (Å²) in [7, 11) is -3.45. The van der Waals surface area contributed by atoms with Crippen LogP contribution in [0.5, 0.6) is 0 Å². The summed E-state index contributed by atoms with van der Waals surface area (Å²) in [5.74, 6) is 0. The third-order valence-corrected chi connectivity index (χ3v) is 5.68. The maximum absolute atomic E-state index is 12.4. The molecule has 2 aromatic rings. The minimum absolute atomic E-state index is 0. The van der Waals surface area contributed by atoms with Gasteiger partial charge in [0.25, 0.3) is 0 Å². The van der Waals surface area contributed by atoms with Crippen LogP contribution in [0.4, 0.5) is 0 Å². The van der Waals surface area contributed by atoms with Gasteiger partial charge in [-0.1, -0.05) is 42.5 Å². The zero-order chi connectivity index (χ0) is 16.8. The van der Waals surface area contributed by atoms with Gasteiger partial charge in [0, 0.05) is 39.3 Å². The van der Waals surface area contributed by atoms with Crippen molar-refractivity contribution in [2.45, 2.75) is 4.90 Å². The van der Waals surface area contributed by atoms with Crippen LogP contribution in [0.15, 0.2) is 59.5 Å². The van der Waals surface area contributed by atoms with Crippen molar-refractivity contribution in [1.29, 1.82) is 0 Å². The maximum atomic E-state index is 12.4. The van der Waals surface area contributed by atoms with Gasteiger partial charge < -0.3 is 5.32 Å². The predicted molar refractivity (Wildman–Crippen MR) is 111 cm³/mol. The fourth-order valence-electron chi connectivity index (χ4n) is 2.81. The Balaban J connectivity index is 0.00000169. The van der Waals surface area contributed by atoms with Gasteiger partial charge in [-0.15, -0.1) is 24.8 Å². The van der Waals surface area contributed by atoms with Crippen LogP contribution < -0.4 is 10.0 Å². The van der Waals surface area contributed by atoms with Crippen LogP contribution in [0.2, 0.25) is 0 Å². The molecular formula is C18H25Cl2N3O2S. The fraction of sp³-hybridized carbons (Fsp3) is 0.333. The Morgan fingerprint density at radius 3 is 2.08 bits per heavy atom. The van der Waals surface area contributed by atoms with Gasteiger partial charge in [0.2, 0.25) is 10.0 Å². The van der Waals surface area contributed by atoms with Gasteiger partial charge in [-0.2, -0.15) is 0 Å². The molecule has 5 nitrogen and oxygen atoms in total. The summed E-state index contributed by atoms with van der Waals surface area (Å²) in [6.07, 6.45) is 0. The molecule has 1 saturated heterocycles. The molecule has 0 spiro atoms. The summed E-state index contributed by atoms with van der Waals surface area (Å²) in [6.45, 7) is 5.04. The molecule has 26 heavy (non-hydrogen) atoms. The van der Waals surface area contributed by atoms with E-state index in [9.17, 15) is 8.42 Å². The Bertz CT molecular complexity index is 750. The monoisotopic (exact) mass is 417 g/mol. The van der Waals surface area contributed by atoms with Crippen LogP contribution in [0.3, 0.4) is 0 Å². The lowest BCUT2D eigenvalue weighted by molar-refractivity contribution is 0.245. The van der Waals surface area contributed by atoms with Crippen molar-refractivity contribution in [2.75, 3.05) is 39.3 Å². The Labute approximate surface area is 168 Å². The van der Waals surface area contributed by atoms with Gasteiger partial charge in [-0.25, -0.2) is 13.1 Å². The van der Waals surface area contributed by atoms with Crippen LogP contribution in [0.25, 0.3) is 11.1 Å². The molecule has 0 atom stereocenters. The van der Waals surface area contributed by atoms with Crippen molar-refractivity contribution < 1.29 is 8.42 Å². The molecule has 8 heteroatoms. The first-order chi connectivity index (χ1) is 11.6. The third-order valence-electron chi connectivity index (χ3n) is 4.20. The molecule has 2 N–H and O–H groups in total. The molecule has 1 aliphatic heterocycles. The van der Waals surface area contributed by atoms with Gasteiger partial charge in [0.05, 0.1) is 4.90 Å². The van der Waals surface area contributed by atoms with Crippen LogP contribution in [0.1, 0.15) is 0 Å². The number of benzene rings is 2. The normalized spacial score (nSPS) is 14.9. The van der Waals surface area contributed by atoms with Gasteiger partial charge in [0.1, 0.15) is 0 Å². The number of halogens is 2. The van der Waals surface area contributed by atoms with Crippen molar-refractivity contribution >= 4 is 34.8 Å². The summed E-state index contributed by atoms with van der Waals surface area (Å²) < 4.78 is 27.5. The first kappa shape index (κ1) is 22.9. The Morgan fingerprint density at radius 1 is 0.885 bits per heavy atom. The topological polar surface area (TPSA) is 61.4 Å². The molecule has 2 aromatic carbocycles. The van der Waals surface area contributed by atoms with Crippen molar-refractivity contribution in [3.63, 3.8) is 0 Å². The second-order valence-electron chi connectivity index (χ2n) is 5.88. The zero-order valence-electron chi connectivity index (χ0n) is 14.4.